The zero-order valence-corrected chi connectivity index (χ0v) is 12.8. The first kappa shape index (κ1) is 17.6. The van der Waals surface area contributed by atoms with Crippen LogP contribution in [-0.2, 0) is 25.6 Å². The van der Waals surface area contributed by atoms with Crippen LogP contribution >= 0.6 is 12.4 Å². The minimum Gasteiger partial charge on any atom is -0.311 e. The van der Waals surface area contributed by atoms with Gasteiger partial charge in [0.2, 0.25) is 0 Å². The van der Waals surface area contributed by atoms with E-state index in [1.54, 1.807) is 0 Å². The highest BCUT2D eigenvalue weighted by atomic mass is 35.5. The molecule has 0 spiro atoms. The molecular weight excluding hydrogens is 334 g/mol. The zero-order chi connectivity index (χ0) is 15.7. The van der Waals surface area contributed by atoms with Gasteiger partial charge in [-0.1, -0.05) is 12.1 Å². The highest BCUT2D eigenvalue weighted by molar-refractivity contribution is 5.85. The molecule has 0 saturated carbocycles. The third-order valence-electron chi connectivity index (χ3n) is 3.53. The van der Waals surface area contributed by atoms with Crippen LogP contribution in [0.15, 0.2) is 24.3 Å². The first-order valence-corrected chi connectivity index (χ1v) is 6.84. The molecule has 8 heteroatoms. The number of alkyl halides is 3. The van der Waals surface area contributed by atoms with Crippen molar-refractivity contribution in [3.8, 4) is 0 Å². The Morgan fingerprint density at radius 1 is 1.09 bits per heavy atom. The second-order valence-electron chi connectivity index (χ2n) is 5.14. The maximum Gasteiger partial charge on any atom is 0.433 e. The number of fused-ring (bicyclic) bond motifs is 1. The highest BCUT2D eigenvalue weighted by Crippen LogP contribution is 2.32. The maximum atomic E-state index is 13.2. The van der Waals surface area contributed by atoms with Crippen LogP contribution in [0.25, 0.3) is 0 Å². The van der Waals surface area contributed by atoms with Crippen molar-refractivity contribution < 1.29 is 17.6 Å². The van der Waals surface area contributed by atoms with Gasteiger partial charge in [-0.05, 0) is 30.7 Å². The van der Waals surface area contributed by atoms with E-state index in [1.807, 2.05) is 0 Å². The molecule has 0 amide bonds. The van der Waals surface area contributed by atoms with Gasteiger partial charge in [0.05, 0.1) is 5.69 Å². The van der Waals surface area contributed by atoms with Crippen molar-refractivity contribution >= 4 is 12.4 Å². The number of hydrogen-bond acceptors (Lipinski definition) is 3. The third kappa shape index (κ3) is 3.97. The lowest BCUT2D eigenvalue weighted by atomic mass is 10.0. The number of benzene rings is 1. The molecule has 1 aromatic heterocycles. The summed E-state index contributed by atoms with van der Waals surface area (Å²) in [6.45, 7) is 0.786. The lowest BCUT2D eigenvalue weighted by molar-refractivity contribution is -0.142. The van der Waals surface area contributed by atoms with Crippen LogP contribution < -0.4 is 5.32 Å². The molecule has 3 rings (SSSR count). The fraction of sp³-hybridized carbons (Fsp3) is 0.333. The monoisotopic (exact) mass is 347 g/mol. The Bertz CT molecular complexity index is 686. The second kappa shape index (κ2) is 6.80. The standard InChI is InChI=1S/C15H13F4N3.ClH/c16-10-3-1-9(2-4-10)7-13-21-12-8-20-6-5-11(12)14(22-13)15(17,18)19;/h1-4,20H,5-8H2;1H. The van der Waals surface area contributed by atoms with Crippen molar-refractivity contribution in [3.63, 3.8) is 0 Å². The van der Waals surface area contributed by atoms with Gasteiger partial charge in [-0.2, -0.15) is 13.2 Å². The lowest BCUT2D eigenvalue weighted by Crippen LogP contribution is -2.29. The molecule has 23 heavy (non-hydrogen) atoms. The summed E-state index contributed by atoms with van der Waals surface area (Å²) >= 11 is 0. The summed E-state index contributed by atoms with van der Waals surface area (Å²) in [6, 6.07) is 5.56. The number of hydrogen-bond donors (Lipinski definition) is 1. The summed E-state index contributed by atoms with van der Waals surface area (Å²) in [5.41, 5.74) is 0.383. The molecule has 0 bridgehead atoms. The van der Waals surface area contributed by atoms with Gasteiger partial charge in [0, 0.05) is 18.5 Å². The summed E-state index contributed by atoms with van der Waals surface area (Å²) < 4.78 is 52.4. The summed E-state index contributed by atoms with van der Waals surface area (Å²) in [5, 5.41) is 3.01. The largest absolute Gasteiger partial charge is 0.433 e. The van der Waals surface area contributed by atoms with Crippen molar-refractivity contribution in [1.82, 2.24) is 15.3 Å². The van der Waals surface area contributed by atoms with Crippen LogP contribution in [-0.4, -0.2) is 16.5 Å². The van der Waals surface area contributed by atoms with Crippen molar-refractivity contribution in [1.29, 1.82) is 0 Å². The van der Waals surface area contributed by atoms with E-state index in [9.17, 15) is 17.6 Å². The quantitative estimate of drug-likeness (QED) is 0.847. The topological polar surface area (TPSA) is 37.8 Å². The molecule has 0 radical (unpaired) electrons. The molecule has 1 aliphatic rings. The minimum atomic E-state index is -4.50. The molecule has 1 aliphatic heterocycles. The first-order valence-electron chi connectivity index (χ1n) is 6.84. The number of nitrogens with zero attached hydrogens (tertiary/aromatic N) is 2. The van der Waals surface area contributed by atoms with Gasteiger partial charge >= 0.3 is 6.18 Å². The van der Waals surface area contributed by atoms with E-state index in [0.717, 1.165) is 0 Å². The van der Waals surface area contributed by atoms with Gasteiger partial charge in [-0.15, -0.1) is 12.4 Å². The number of rotatable bonds is 2. The molecule has 3 nitrogen and oxygen atoms in total. The Kier molecular flexibility index (Phi) is 5.21. The molecule has 0 unspecified atom stereocenters. The molecule has 0 fully saturated rings. The summed E-state index contributed by atoms with van der Waals surface area (Å²) in [4.78, 5) is 7.96. The van der Waals surface area contributed by atoms with Crippen molar-refractivity contribution in [2.45, 2.75) is 25.6 Å². The predicted octanol–water partition coefficient (Wildman–Crippen LogP) is 3.29. The molecular formula is C15H14ClF4N3. The number of aromatic nitrogens is 2. The van der Waals surface area contributed by atoms with Crippen LogP contribution in [0, 0.1) is 5.82 Å². The van der Waals surface area contributed by atoms with E-state index in [-0.39, 0.29) is 36.6 Å². The van der Waals surface area contributed by atoms with Gasteiger partial charge in [-0.25, -0.2) is 14.4 Å². The number of halogens is 5. The molecule has 1 aromatic carbocycles. The van der Waals surface area contributed by atoms with Gasteiger partial charge in [0.1, 0.15) is 11.6 Å². The van der Waals surface area contributed by atoms with Crippen LogP contribution in [0.3, 0.4) is 0 Å². The summed E-state index contributed by atoms with van der Waals surface area (Å²) in [7, 11) is 0. The predicted molar refractivity (Wildman–Crippen MR) is 78.9 cm³/mol. The average molecular weight is 348 g/mol. The molecule has 0 atom stereocenters. The summed E-state index contributed by atoms with van der Waals surface area (Å²) in [5.74, 6) is -0.295. The SMILES string of the molecule is Cl.Fc1ccc(Cc2nc3c(c(C(F)(F)F)n2)CCNC3)cc1. The highest BCUT2D eigenvalue weighted by Gasteiger charge is 2.37. The maximum absolute atomic E-state index is 13.2. The molecule has 0 saturated heterocycles. The van der Waals surface area contributed by atoms with Crippen molar-refractivity contribution in [2.75, 3.05) is 6.54 Å². The Labute approximate surface area is 136 Å². The molecule has 2 aromatic rings. The van der Waals surface area contributed by atoms with Gasteiger partial charge in [0.15, 0.2) is 5.69 Å². The van der Waals surface area contributed by atoms with Crippen LogP contribution in [0.2, 0.25) is 0 Å². The summed E-state index contributed by atoms with van der Waals surface area (Å²) in [6.07, 6.45) is -4.10. The van der Waals surface area contributed by atoms with E-state index < -0.39 is 17.7 Å². The smallest absolute Gasteiger partial charge is 0.311 e. The molecule has 124 valence electrons. The second-order valence-corrected chi connectivity index (χ2v) is 5.14. The zero-order valence-electron chi connectivity index (χ0n) is 12.0. The third-order valence-corrected chi connectivity index (χ3v) is 3.53. The molecule has 0 aliphatic carbocycles. The van der Waals surface area contributed by atoms with Crippen molar-refractivity contribution in [2.24, 2.45) is 0 Å². The van der Waals surface area contributed by atoms with Crippen LogP contribution in [0.1, 0.15) is 28.3 Å². The van der Waals surface area contributed by atoms with Gasteiger partial charge in [-0.3, -0.25) is 0 Å². The minimum absolute atomic E-state index is 0. The average Bonchev–Trinajstić information content (AvgIpc) is 2.48. The normalized spacial score (nSPS) is 14.1. The van der Waals surface area contributed by atoms with E-state index >= 15 is 0 Å². The van der Waals surface area contributed by atoms with Crippen LogP contribution in [0.5, 0.6) is 0 Å². The van der Waals surface area contributed by atoms with E-state index in [0.29, 0.717) is 24.3 Å². The Hall–Kier alpha value is -1.73. The van der Waals surface area contributed by atoms with E-state index in [4.69, 9.17) is 0 Å². The van der Waals surface area contributed by atoms with Gasteiger partial charge < -0.3 is 5.32 Å². The number of nitrogens with one attached hydrogen (secondary N) is 1. The molecule has 1 N–H and O–H groups in total. The fourth-order valence-corrected chi connectivity index (χ4v) is 2.51. The van der Waals surface area contributed by atoms with Crippen molar-refractivity contribution in [3.05, 3.63) is 58.4 Å². The molecule has 2 heterocycles. The first-order chi connectivity index (χ1) is 10.4. The van der Waals surface area contributed by atoms with Crippen LogP contribution in [0.4, 0.5) is 17.6 Å². The Balaban J connectivity index is 0.00000192. The van der Waals surface area contributed by atoms with E-state index in [2.05, 4.69) is 15.3 Å². The lowest BCUT2D eigenvalue weighted by Gasteiger charge is -2.21. The fourth-order valence-electron chi connectivity index (χ4n) is 2.51. The van der Waals surface area contributed by atoms with Gasteiger partial charge in [0.25, 0.3) is 0 Å². The van der Waals surface area contributed by atoms with E-state index in [1.165, 1.54) is 24.3 Å². The Morgan fingerprint density at radius 2 is 1.78 bits per heavy atom. The Morgan fingerprint density at radius 3 is 2.43 bits per heavy atom.